The van der Waals surface area contributed by atoms with Gasteiger partial charge in [0.1, 0.15) is 0 Å². The minimum atomic E-state index is -0.185. The van der Waals surface area contributed by atoms with E-state index in [0.29, 0.717) is 53.6 Å². The first kappa shape index (κ1) is 20.5. The molecule has 0 aliphatic heterocycles. The third kappa shape index (κ3) is 4.75. The molecule has 0 aromatic heterocycles. The van der Waals surface area contributed by atoms with E-state index in [1.54, 1.807) is 25.2 Å². The van der Waals surface area contributed by atoms with Gasteiger partial charge in [-0.3, -0.25) is 4.79 Å². The van der Waals surface area contributed by atoms with E-state index >= 15 is 0 Å². The standard InChI is InChI=1S/C16H24BrNO6/c1-20-8-6-18(7-9-21-2)16(19)11-10-12(22-3)14(23-4)15(24-5)13(11)17/h10H,6-9H2,1-5H3. The molecule has 0 bridgehead atoms. The number of rotatable bonds is 10. The van der Waals surface area contributed by atoms with Crippen molar-refractivity contribution in [2.45, 2.75) is 0 Å². The molecule has 0 unspecified atom stereocenters. The van der Waals surface area contributed by atoms with Crippen molar-refractivity contribution < 1.29 is 28.5 Å². The molecule has 136 valence electrons. The number of hydrogen-bond donors (Lipinski definition) is 0. The van der Waals surface area contributed by atoms with Crippen molar-refractivity contribution in [1.82, 2.24) is 4.90 Å². The molecule has 0 atom stereocenters. The van der Waals surface area contributed by atoms with Crippen LogP contribution < -0.4 is 14.2 Å². The summed E-state index contributed by atoms with van der Waals surface area (Å²) >= 11 is 3.43. The van der Waals surface area contributed by atoms with Crippen molar-refractivity contribution >= 4 is 21.8 Å². The first-order chi connectivity index (χ1) is 11.5. The Balaban J connectivity index is 3.28. The molecule has 0 fully saturated rings. The summed E-state index contributed by atoms with van der Waals surface area (Å²) in [4.78, 5) is 14.6. The third-order valence-electron chi connectivity index (χ3n) is 3.42. The molecular weight excluding hydrogens is 382 g/mol. The summed E-state index contributed by atoms with van der Waals surface area (Å²) in [5.41, 5.74) is 0.414. The minimum absolute atomic E-state index is 0.185. The van der Waals surface area contributed by atoms with E-state index in [4.69, 9.17) is 23.7 Å². The molecule has 7 nitrogen and oxygen atoms in total. The van der Waals surface area contributed by atoms with Crippen LogP contribution in [-0.2, 0) is 9.47 Å². The van der Waals surface area contributed by atoms with Gasteiger partial charge in [-0.1, -0.05) is 0 Å². The van der Waals surface area contributed by atoms with Crippen molar-refractivity contribution in [3.05, 3.63) is 16.1 Å². The molecule has 0 aliphatic rings. The second-order valence-electron chi connectivity index (χ2n) is 4.78. The monoisotopic (exact) mass is 405 g/mol. The first-order valence-electron chi connectivity index (χ1n) is 7.31. The molecule has 0 spiro atoms. The van der Waals surface area contributed by atoms with E-state index in [-0.39, 0.29) is 5.91 Å². The van der Waals surface area contributed by atoms with Crippen molar-refractivity contribution in [3.63, 3.8) is 0 Å². The third-order valence-corrected chi connectivity index (χ3v) is 4.21. The smallest absolute Gasteiger partial charge is 0.255 e. The van der Waals surface area contributed by atoms with Crippen LogP contribution in [0.4, 0.5) is 0 Å². The normalized spacial score (nSPS) is 10.4. The van der Waals surface area contributed by atoms with Gasteiger partial charge in [0.25, 0.3) is 5.91 Å². The van der Waals surface area contributed by atoms with Crippen LogP contribution in [0.1, 0.15) is 10.4 Å². The summed E-state index contributed by atoms with van der Waals surface area (Å²) in [6.45, 7) is 1.75. The summed E-state index contributed by atoms with van der Waals surface area (Å²) in [5.74, 6) is 1.05. The zero-order chi connectivity index (χ0) is 18.1. The SMILES string of the molecule is COCCN(CCOC)C(=O)c1cc(OC)c(OC)c(OC)c1Br. The van der Waals surface area contributed by atoms with Gasteiger partial charge < -0.3 is 28.6 Å². The lowest BCUT2D eigenvalue weighted by molar-refractivity contribution is 0.0625. The first-order valence-corrected chi connectivity index (χ1v) is 8.10. The molecule has 8 heteroatoms. The molecule has 0 heterocycles. The number of carbonyl (C=O) groups excluding carboxylic acids is 1. The highest BCUT2D eigenvalue weighted by atomic mass is 79.9. The maximum atomic E-state index is 12.9. The van der Waals surface area contributed by atoms with Crippen LogP contribution in [0.5, 0.6) is 17.2 Å². The topological polar surface area (TPSA) is 66.5 Å². The lowest BCUT2D eigenvalue weighted by atomic mass is 10.1. The molecule has 1 amide bonds. The Morgan fingerprint density at radius 1 is 0.958 bits per heavy atom. The maximum absolute atomic E-state index is 12.9. The summed E-state index contributed by atoms with van der Waals surface area (Å²) in [5, 5.41) is 0. The van der Waals surface area contributed by atoms with E-state index in [1.807, 2.05) is 0 Å². The van der Waals surface area contributed by atoms with Crippen LogP contribution in [0.2, 0.25) is 0 Å². The van der Waals surface area contributed by atoms with Crippen LogP contribution in [0, 0.1) is 0 Å². The molecule has 0 N–H and O–H groups in total. The number of hydrogen-bond acceptors (Lipinski definition) is 6. The van der Waals surface area contributed by atoms with Gasteiger partial charge in [-0.05, 0) is 22.0 Å². The number of methoxy groups -OCH3 is 5. The van der Waals surface area contributed by atoms with E-state index in [0.717, 1.165) is 0 Å². The van der Waals surface area contributed by atoms with Gasteiger partial charge in [0.15, 0.2) is 11.5 Å². The highest BCUT2D eigenvalue weighted by molar-refractivity contribution is 9.10. The molecular formula is C16H24BrNO6. The van der Waals surface area contributed by atoms with Crippen molar-refractivity contribution in [1.29, 1.82) is 0 Å². The molecule has 24 heavy (non-hydrogen) atoms. The number of nitrogens with zero attached hydrogens (tertiary/aromatic N) is 1. The lowest BCUT2D eigenvalue weighted by Gasteiger charge is -2.24. The largest absolute Gasteiger partial charge is 0.493 e. The molecule has 0 saturated carbocycles. The highest BCUT2D eigenvalue weighted by Crippen LogP contribution is 2.45. The lowest BCUT2D eigenvalue weighted by Crippen LogP contribution is -2.36. The van der Waals surface area contributed by atoms with Gasteiger partial charge in [-0.25, -0.2) is 0 Å². The maximum Gasteiger partial charge on any atom is 0.255 e. The Kier molecular flexibility index (Phi) is 8.88. The minimum Gasteiger partial charge on any atom is -0.493 e. The van der Waals surface area contributed by atoms with Crippen LogP contribution in [0.3, 0.4) is 0 Å². The zero-order valence-electron chi connectivity index (χ0n) is 14.7. The molecule has 0 radical (unpaired) electrons. The van der Waals surface area contributed by atoms with Crippen LogP contribution in [-0.4, -0.2) is 72.7 Å². The molecule has 0 aliphatic carbocycles. The average Bonchev–Trinajstić information content (AvgIpc) is 2.60. The fourth-order valence-corrected chi connectivity index (χ4v) is 2.79. The number of halogens is 1. The fraction of sp³-hybridized carbons (Fsp3) is 0.562. The van der Waals surface area contributed by atoms with Gasteiger partial charge in [-0.15, -0.1) is 0 Å². The number of ether oxygens (including phenoxy) is 5. The summed E-state index contributed by atoms with van der Waals surface area (Å²) in [6, 6.07) is 1.63. The van der Waals surface area contributed by atoms with Crippen LogP contribution in [0.15, 0.2) is 10.5 Å². The van der Waals surface area contributed by atoms with Crippen molar-refractivity contribution in [2.24, 2.45) is 0 Å². The summed E-state index contributed by atoms with van der Waals surface area (Å²) in [7, 11) is 7.71. The van der Waals surface area contributed by atoms with Gasteiger partial charge in [0, 0.05) is 27.3 Å². The zero-order valence-corrected chi connectivity index (χ0v) is 16.3. The summed E-state index contributed by atoms with van der Waals surface area (Å²) in [6.07, 6.45) is 0. The van der Waals surface area contributed by atoms with Crippen LogP contribution in [0.25, 0.3) is 0 Å². The Bertz CT molecular complexity index is 544. The van der Waals surface area contributed by atoms with Gasteiger partial charge in [0.05, 0.1) is 44.6 Å². The van der Waals surface area contributed by atoms with Crippen molar-refractivity contribution in [3.8, 4) is 17.2 Å². The Morgan fingerprint density at radius 2 is 1.50 bits per heavy atom. The summed E-state index contributed by atoms with van der Waals surface area (Å²) < 4.78 is 26.7. The Hall–Kier alpha value is -1.51. The predicted molar refractivity (Wildman–Crippen MR) is 93.5 cm³/mol. The Morgan fingerprint density at radius 3 is 1.92 bits per heavy atom. The number of amides is 1. The molecule has 1 aromatic carbocycles. The fourth-order valence-electron chi connectivity index (χ4n) is 2.16. The van der Waals surface area contributed by atoms with E-state index in [9.17, 15) is 4.79 Å². The predicted octanol–water partition coefficient (Wildman–Crippen LogP) is 2.21. The van der Waals surface area contributed by atoms with Crippen LogP contribution >= 0.6 is 15.9 Å². The molecule has 1 aromatic rings. The van der Waals surface area contributed by atoms with Crippen molar-refractivity contribution in [2.75, 3.05) is 61.9 Å². The quantitative estimate of drug-likeness (QED) is 0.594. The van der Waals surface area contributed by atoms with Gasteiger partial charge >= 0.3 is 0 Å². The number of benzene rings is 1. The second kappa shape index (κ2) is 10.4. The second-order valence-corrected chi connectivity index (χ2v) is 5.58. The highest BCUT2D eigenvalue weighted by Gasteiger charge is 2.25. The average molecular weight is 406 g/mol. The van der Waals surface area contributed by atoms with E-state index < -0.39 is 0 Å². The van der Waals surface area contributed by atoms with E-state index in [1.165, 1.54) is 21.3 Å². The van der Waals surface area contributed by atoms with Gasteiger partial charge in [-0.2, -0.15) is 0 Å². The van der Waals surface area contributed by atoms with E-state index in [2.05, 4.69) is 15.9 Å². The number of carbonyl (C=O) groups is 1. The van der Waals surface area contributed by atoms with Gasteiger partial charge in [0.2, 0.25) is 5.75 Å². The molecule has 1 rings (SSSR count). The Labute approximate surface area is 150 Å². The molecule has 0 saturated heterocycles.